The summed E-state index contributed by atoms with van der Waals surface area (Å²) in [6.07, 6.45) is 0. The quantitative estimate of drug-likeness (QED) is 0.550. The topological polar surface area (TPSA) is 90.4 Å². The number of aromatic nitrogens is 1. The fraction of sp³-hybridized carbons (Fsp3) is 0. The molecule has 6 heteroatoms. The highest BCUT2D eigenvalue weighted by Gasteiger charge is 2.07. The van der Waals surface area contributed by atoms with E-state index in [0.29, 0.717) is 16.1 Å². The van der Waals surface area contributed by atoms with Crippen molar-refractivity contribution in [2.75, 3.05) is 0 Å². The maximum Gasteiger partial charge on any atom is 0.326 e. The average Bonchev–Trinajstić information content (AvgIpc) is 2.47. The minimum absolute atomic E-state index is 0.104. The molecule has 5 nitrogen and oxygen atoms in total. The first-order valence-electron chi connectivity index (χ1n) is 3.81. The zero-order valence-electron chi connectivity index (χ0n) is 7.07. The van der Waals surface area contributed by atoms with Crippen LogP contribution in [0.1, 0.15) is 0 Å². The molecule has 1 aromatic heterocycles. The zero-order valence-corrected chi connectivity index (χ0v) is 7.82. The Kier molecular flexibility index (Phi) is 2.01. The van der Waals surface area contributed by atoms with Gasteiger partial charge in [0.05, 0.1) is 5.02 Å². The number of aliphatic imine (C=N–C) groups is 1. The highest BCUT2D eigenvalue weighted by molar-refractivity contribution is 6.34. The molecule has 72 valence electrons. The molecule has 2 aromatic rings. The Morgan fingerprint density at radius 2 is 2.21 bits per heavy atom. The molecule has 0 saturated carbocycles. The second-order valence-electron chi connectivity index (χ2n) is 2.62. The summed E-state index contributed by atoms with van der Waals surface area (Å²) in [6.45, 7) is 0. The molecular formula is C8H7ClN4O. The van der Waals surface area contributed by atoms with E-state index in [1.54, 1.807) is 18.2 Å². The van der Waals surface area contributed by atoms with Crippen molar-refractivity contribution in [2.45, 2.75) is 0 Å². The summed E-state index contributed by atoms with van der Waals surface area (Å²) in [7, 11) is 0. The van der Waals surface area contributed by atoms with Gasteiger partial charge in [0.15, 0.2) is 11.5 Å². The molecule has 0 unspecified atom stereocenters. The fourth-order valence-electron chi connectivity index (χ4n) is 1.06. The molecule has 14 heavy (non-hydrogen) atoms. The third-order valence-electron chi connectivity index (χ3n) is 1.58. The van der Waals surface area contributed by atoms with E-state index in [9.17, 15) is 0 Å². The van der Waals surface area contributed by atoms with Crippen LogP contribution in [0.4, 0.5) is 6.01 Å². The SMILES string of the molecule is NC(N)=Nc1nc2cccc(Cl)c2o1. The first-order chi connectivity index (χ1) is 6.66. The van der Waals surface area contributed by atoms with Gasteiger partial charge in [0.25, 0.3) is 0 Å². The molecule has 0 saturated heterocycles. The zero-order chi connectivity index (χ0) is 10.1. The number of halogens is 1. The summed E-state index contributed by atoms with van der Waals surface area (Å²) >= 11 is 5.86. The van der Waals surface area contributed by atoms with E-state index in [1.807, 2.05) is 0 Å². The Labute approximate surface area is 84.4 Å². The van der Waals surface area contributed by atoms with E-state index >= 15 is 0 Å². The van der Waals surface area contributed by atoms with Gasteiger partial charge < -0.3 is 15.9 Å². The van der Waals surface area contributed by atoms with Crippen molar-refractivity contribution in [3.63, 3.8) is 0 Å². The van der Waals surface area contributed by atoms with Gasteiger partial charge >= 0.3 is 6.01 Å². The summed E-state index contributed by atoms with van der Waals surface area (Å²) in [6, 6.07) is 5.34. The molecule has 0 aliphatic carbocycles. The van der Waals surface area contributed by atoms with Crippen LogP contribution in [0.2, 0.25) is 5.02 Å². The monoisotopic (exact) mass is 210 g/mol. The number of guanidine groups is 1. The van der Waals surface area contributed by atoms with Gasteiger partial charge in [0.1, 0.15) is 5.52 Å². The van der Waals surface area contributed by atoms with Crippen LogP contribution in [0.25, 0.3) is 11.1 Å². The summed E-state index contributed by atoms with van der Waals surface area (Å²) < 4.78 is 5.22. The maximum absolute atomic E-state index is 5.86. The number of nitrogens with two attached hydrogens (primary N) is 2. The van der Waals surface area contributed by atoms with Gasteiger partial charge in [-0.15, -0.1) is 0 Å². The molecule has 0 bridgehead atoms. The molecule has 4 N–H and O–H groups in total. The van der Waals surface area contributed by atoms with Gasteiger partial charge in [0.2, 0.25) is 0 Å². The van der Waals surface area contributed by atoms with E-state index < -0.39 is 0 Å². The van der Waals surface area contributed by atoms with Crippen molar-refractivity contribution in [1.29, 1.82) is 0 Å². The molecule has 0 spiro atoms. The molecule has 0 radical (unpaired) electrons. The van der Waals surface area contributed by atoms with Gasteiger partial charge in [-0.25, -0.2) is 0 Å². The first-order valence-corrected chi connectivity index (χ1v) is 4.19. The van der Waals surface area contributed by atoms with Gasteiger partial charge in [-0.1, -0.05) is 17.7 Å². The van der Waals surface area contributed by atoms with Crippen molar-refractivity contribution < 1.29 is 4.42 Å². The van der Waals surface area contributed by atoms with Gasteiger partial charge in [-0.3, -0.25) is 0 Å². The molecule has 1 aromatic carbocycles. The van der Waals surface area contributed by atoms with Crippen LogP contribution in [0.15, 0.2) is 27.6 Å². The van der Waals surface area contributed by atoms with E-state index in [-0.39, 0.29) is 12.0 Å². The van der Waals surface area contributed by atoms with E-state index in [2.05, 4.69) is 9.98 Å². The van der Waals surface area contributed by atoms with Crippen molar-refractivity contribution in [1.82, 2.24) is 4.98 Å². The highest BCUT2D eigenvalue weighted by Crippen LogP contribution is 2.26. The van der Waals surface area contributed by atoms with Crippen LogP contribution in [-0.4, -0.2) is 10.9 Å². The van der Waals surface area contributed by atoms with Crippen LogP contribution in [0, 0.1) is 0 Å². The van der Waals surface area contributed by atoms with Crippen LogP contribution >= 0.6 is 11.6 Å². The summed E-state index contributed by atoms with van der Waals surface area (Å²) in [5, 5.41) is 0.479. The molecule has 0 aliphatic rings. The number of hydrogen-bond acceptors (Lipinski definition) is 3. The Balaban J connectivity index is 2.63. The molecule has 0 aliphatic heterocycles. The predicted molar refractivity (Wildman–Crippen MR) is 54.5 cm³/mol. The lowest BCUT2D eigenvalue weighted by Crippen LogP contribution is -2.21. The number of para-hydroxylation sites is 1. The Morgan fingerprint density at radius 3 is 2.86 bits per heavy atom. The molecule has 0 fully saturated rings. The van der Waals surface area contributed by atoms with E-state index in [4.69, 9.17) is 27.5 Å². The smallest absolute Gasteiger partial charge is 0.326 e. The van der Waals surface area contributed by atoms with Crippen LogP contribution in [-0.2, 0) is 0 Å². The molecule has 0 atom stereocenters. The van der Waals surface area contributed by atoms with Crippen molar-refractivity contribution in [3.05, 3.63) is 23.2 Å². The van der Waals surface area contributed by atoms with Crippen molar-refractivity contribution in [2.24, 2.45) is 16.5 Å². The molecule has 1 heterocycles. The lowest BCUT2D eigenvalue weighted by atomic mass is 10.3. The third-order valence-corrected chi connectivity index (χ3v) is 1.88. The minimum Gasteiger partial charge on any atom is -0.420 e. The second kappa shape index (κ2) is 3.19. The number of hydrogen-bond donors (Lipinski definition) is 2. The Hall–Kier alpha value is -1.75. The maximum atomic E-state index is 5.86. The minimum atomic E-state index is -0.104. The fourth-order valence-corrected chi connectivity index (χ4v) is 1.27. The highest BCUT2D eigenvalue weighted by atomic mass is 35.5. The standard InChI is InChI=1S/C8H7ClN4O/c9-4-2-1-3-5-6(4)14-8(12-5)13-7(10)11/h1-3H,(H4,10,11,12,13). The van der Waals surface area contributed by atoms with Gasteiger partial charge in [0, 0.05) is 0 Å². The largest absolute Gasteiger partial charge is 0.420 e. The third kappa shape index (κ3) is 1.49. The Morgan fingerprint density at radius 1 is 1.43 bits per heavy atom. The summed E-state index contributed by atoms with van der Waals surface area (Å²) in [4.78, 5) is 7.69. The first kappa shape index (κ1) is 8.83. The lowest BCUT2D eigenvalue weighted by molar-refractivity contribution is 0.613. The van der Waals surface area contributed by atoms with Gasteiger partial charge in [-0.05, 0) is 12.1 Å². The molecular weight excluding hydrogens is 204 g/mol. The van der Waals surface area contributed by atoms with Crippen molar-refractivity contribution in [3.8, 4) is 0 Å². The van der Waals surface area contributed by atoms with Crippen LogP contribution in [0.3, 0.4) is 0 Å². The number of rotatable bonds is 1. The average molecular weight is 211 g/mol. The summed E-state index contributed by atoms with van der Waals surface area (Å²) in [5.74, 6) is -0.104. The number of nitrogens with zero attached hydrogens (tertiary/aromatic N) is 2. The number of fused-ring (bicyclic) bond motifs is 1. The van der Waals surface area contributed by atoms with Gasteiger partial charge in [-0.2, -0.15) is 9.98 Å². The molecule has 2 rings (SSSR count). The number of benzene rings is 1. The predicted octanol–water partition coefficient (Wildman–Crippen LogP) is 1.39. The van der Waals surface area contributed by atoms with Crippen molar-refractivity contribution >= 4 is 34.7 Å². The van der Waals surface area contributed by atoms with Crippen LogP contribution in [0.5, 0.6) is 0 Å². The normalized spacial score (nSPS) is 10.4. The lowest BCUT2D eigenvalue weighted by Gasteiger charge is -1.87. The summed E-state index contributed by atoms with van der Waals surface area (Å²) in [5.41, 5.74) is 11.5. The van der Waals surface area contributed by atoms with E-state index in [0.717, 1.165) is 0 Å². The number of oxazole rings is 1. The van der Waals surface area contributed by atoms with Crippen LogP contribution < -0.4 is 11.5 Å². The van der Waals surface area contributed by atoms with E-state index in [1.165, 1.54) is 0 Å². The Bertz CT molecular complexity index is 501. The molecule has 0 amide bonds. The second-order valence-corrected chi connectivity index (χ2v) is 3.03.